The normalized spacial score (nSPS) is 10.4. The van der Waals surface area contributed by atoms with Gasteiger partial charge in [0.15, 0.2) is 0 Å². The van der Waals surface area contributed by atoms with Crippen LogP contribution in [-0.4, -0.2) is 31.8 Å². The fraction of sp³-hybridized carbons (Fsp3) is 0.0800. The zero-order valence-corrected chi connectivity index (χ0v) is 17.5. The average molecular weight is 430 g/mol. The number of benzene rings is 3. The lowest BCUT2D eigenvalue weighted by Crippen LogP contribution is -2.17. The standard InChI is InChI=1S/C25H22N2O5/c1-3-16-31-22-14-6-19(7-15-22)24(28)27-26-17-18-4-10-23(11-5-18)32-25(29)20-8-12-21(30-2)13-9-20/h3-15,17H,1,16H2,2H3,(H,27,28)/b26-17-. The van der Waals surface area contributed by atoms with E-state index in [-0.39, 0.29) is 5.91 Å². The van der Waals surface area contributed by atoms with Crippen molar-refractivity contribution in [3.05, 3.63) is 102 Å². The highest BCUT2D eigenvalue weighted by Gasteiger charge is 2.09. The minimum absolute atomic E-state index is 0.346. The Morgan fingerprint density at radius 2 is 1.47 bits per heavy atom. The van der Waals surface area contributed by atoms with E-state index in [1.54, 1.807) is 86.0 Å². The van der Waals surface area contributed by atoms with Gasteiger partial charge >= 0.3 is 5.97 Å². The average Bonchev–Trinajstić information content (AvgIpc) is 2.84. The molecular weight excluding hydrogens is 408 g/mol. The number of hydrogen-bond donors (Lipinski definition) is 1. The Hall–Kier alpha value is -4.39. The molecule has 0 saturated carbocycles. The lowest BCUT2D eigenvalue weighted by Gasteiger charge is -2.06. The molecule has 0 aliphatic carbocycles. The third-order valence-electron chi connectivity index (χ3n) is 4.28. The van der Waals surface area contributed by atoms with Crippen LogP contribution in [0, 0.1) is 0 Å². The summed E-state index contributed by atoms with van der Waals surface area (Å²) in [6.07, 6.45) is 3.14. The van der Waals surface area contributed by atoms with Crippen LogP contribution in [0.25, 0.3) is 0 Å². The SMILES string of the molecule is C=CCOc1ccc(C(=O)N/N=C\c2ccc(OC(=O)c3ccc(OC)cc3)cc2)cc1. The van der Waals surface area contributed by atoms with Crippen LogP contribution >= 0.6 is 0 Å². The first kappa shape index (κ1) is 22.3. The van der Waals surface area contributed by atoms with E-state index in [1.807, 2.05) is 0 Å². The second-order valence-corrected chi connectivity index (χ2v) is 6.51. The molecule has 1 N–H and O–H groups in total. The molecule has 0 fully saturated rings. The summed E-state index contributed by atoms with van der Waals surface area (Å²) in [4.78, 5) is 24.4. The summed E-state index contributed by atoms with van der Waals surface area (Å²) in [5.41, 5.74) is 4.06. The lowest BCUT2D eigenvalue weighted by atomic mass is 10.2. The highest BCUT2D eigenvalue weighted by molar-refractivity contribution is 5.95. The zero-order chi connectivity index (χ0) is 22.8. The van der Waals surface area contributed by atoms with Crippen LogP contribution in [0.15, 0.2) is 90.6 Å². The maximum atomic E-state index is 12.2. The van der Waals surface area contributed by atoms with Crippen LogP contribution < -0.4 is 19.6 Å². The molecule has 0 aliphatic heterocycles. The van der Waals surface area contributed by atoms with Gasteiger partial charge in [-0.2, -0.15) is 5.10 Å². The minimum Gasteiger partial charge on any atom is -0.497 e. The van der Waals surface area contributed by atoms with Gasteiger partial charge in [0, 0.05) is 5.56 Å². The van der Waals surface area contributed by atoms with E-state index in [9.17, 15) is 9.59 Å². The molecule has 0 bridgehead atoms. The van der Waals surface area contributed by atoms with Crippen molar-refractivity contribution in [3.8, 4) is 17.2 Å². The molecule has 0 atom stereocenters. The number of amides is 1. The predicted octanol–water partition coefficient (Wildman–Crippen LogP) is 4.24. The Balaban J connectivity index is 1.51. The molecule has 3 aromatic rings. The number of nitrogens with zero attached hydrogens (tertiary/aromatic N) is 1. The van der Waals surface area contributed by atoms with Crippen LogP contribution in [-0.2, 0) is 0 Å². The van der Waals surface area contributed by atoms with E-state index < -0.39 is 5.97 Å². The van der Waals surface area contributed by atoms with Gasteiger partial charge in [-0.1, -0.05) is 12.7 Å². The molecule has 3 aromatic carbocycles. The van der Waals surface area contributed by atoms with Crippen molar-refractivity contribution in [2.75, 3.05) is 13.7 Å². The lowest BCUT2D eigenvalue weighted by molar-refractivity contribution is 0.0734. The van der Waals surface area contributed by atoms with Crippen molar-refractivity contribution in [1.82, 2.24) is 5.43 Å². The molecule has 32 heavy (non-hydrogen) atoms. The molecule has 1 amide bonds. The Bertz CT molecular complexity index is 1090. The molecule has 0 radical (unpaired) electrons. The number of rotatable bonds is 9. The van der Waals surface area contributed by atoms with Crippen molar-refractivity contribution >= 4 is 18.1 Å². The second-order valence-electron chi connectivity index (χ2n) is 6.51. The fourth-order valence-corrected chi connectivity index (χ4v) is 2.60. The van der Waals surface area contributed by atoms with E-state index in [0.29, 0.717) is 35.0 Å². The largest absolute Gasteiger partial charge is 0.497 e. The van der Waals surface area contributed by atoms with Crippen molar-refractivity contribution in [2.45, 2.75) is 0 Å². The first-order valence-electron chi connectivity index (χ1n) is 9.72. The van der Waals surface area contributed by atoms with E-state index >= 15 is 0 Å². The van der Waals surface area contributed by atoms with Crippen LogP contribution in [0.2, 0.25) is 0 Å². The molecule has 0 aliphatic rings. The Morgan fingerprint density at radius 1 is 0.875 bits per heavy atom. The first-order valence-corrected chi connectivity index (χ1v) is 9.72. The highest BCUT2D eigenvalue weighted by atomic mass is 16.5. The number of carbonyl (C=O) groups is 2. The Kier molecular flexibility index (Phi) is 7.75. The second kappa shape index (κ2) is 11.1. The number of hydrazone groups is 1. The molecule has 162 valence electrons. The summed E-state index contributed by atoms with van der Waals surface area (Å²) < 4.78 is 15.8. The van der Waals surface area contributed by atoms with Gasteiger partial charge in [0.1, 0.15) is 23.9 Å². The van der Waals surface area contributed by atoms with E-state index in [4.69, 9.17) is 14.2 Å². The maximum Gasteiger partial charge on any atom is 0.343 e. The number of methoxy groups -OCH3 is 1. The summed E-state index contributed by atoms with van der Waals surface area (Å²) in [5, 5.41) is 3.96. The van der Waals surface area contributed by atoms with Crippen LogP contribution in [0.3, 0.4) is 0 Å². The van der Waals surface area contributed by atoms with Crippen molar-refractivity contribution < 1.29 is 23.8 Å². The van der Waals surface area contributed by atoms with Gasteiger partial charge in [-0.05, 0) is 78.4 Å². The number of nitrogens with one attached hydrogen (secondary N) is 1. The van der Waals surface area contributed by atoms with E-state index in [0.717, 1.165) is 5.56 Å². The van der Waals surface area contributed by atoms with Gasteiger partial charge in [-0.25, -0.2) is 10.2 Å². The van der Waals surface area contributed by atoms with Gasteiger partial charge in [0.05, 0.1) is 18.9 Å². The first-order chi connectivity index (χ1) is 15.6. The predicted molar refractivity (Wildman–Crippen MR) is 122 cm³/mol. The molecule has 0 saturated heterocycles. The maximum absolute atomic E-state index is 12.2. The molecule has 0 unspecified atom stereocenters. The monoisotopic (exact) mass is 430 g/mol. The number of carbonyl (C=O) groups excluding carboxylic acids is 2. The van der Waals surface area contributed by atoms with Crippen LogP contribution in [0.5, 0.6) is 17.2 Å². The molecule has 0 heterocycles. The number of ether oxygens (including phenoxy) is 3. The van der Waals surface area contributed by atoms with Crippen LogP contribution in [0.1, 0.15) is 26.3 Å². The third kappa shape index (κ3) is 6.30. The molecule has 7 heteroatoms. The quantitative estimate of drug-likeness (QED) is 0.180. The van der Waals surface area contributed by atoms with Gasteiger partial charge < -0.3 is 14.2 Å². The number of esters is 1. The van der Waals surface area contributed by atoms with Gasteiger partial charge in [-0.3, -0.25) is 4.79 Å². The zero-order valence-electron chi connectivity index (χ0n) is 17.5. The van der Waals surface area contributed by atoms with Crippen molar-refractivity contribution in [1.29, 1.82) is 0 Å². The smallest absolute Gasteiger partial charge is 0.343 e. The topological polar surface area (TPSA) is 86.2 Å². The summed E-state index contributed by atoms with van der Waals surface area (Å²) >= 11 is 0. The molecular formula is C25H22N2O5. The minimum atomic E-state index is -0.470. The van der Waals surface area contributed by atoms with Crippen molar-refractivity contribution in [3.63, 3.8) is 0 Å². The highest BCUT2D eigenvalue weighted by Crippen LogP contribution is 2.16. The van der Waals surface area contributed by atoms with Crippen molar-refractivity contribution in [2.24, 2.45) is 5.10 Å². The summed E-state index contributed by atoms with van der Waals surface area (Å²) in [5.74, 6) is 0.888. The molecule has 7 nitrogen and oxygen atoms in total. The van der Waals surface area contributed by atoms with Crippen LogP contribution in [0.4, 0.5) is 0 Å². The summed E-state index contributed by atoms with van der Waals surface area (Å²) in [6.45, 7) is 3.98. The summed E-state index contributed by atoms with van der Waals surface area (Å²) in [7, 11) is 1.56. The molecule has 0 aromatic heterocycles. The number of hydrogen-bond acceptors (Lipinski definition) is 6. The molecule has 3 rings (SSSR count). The van der Waals surface area contributed by atoms with E-state index in [1.165, 1.54) is 6.21 Å². The third-order valence-corrected chi connectivity index (χ3v) is 4.28. The summed E-state index contributed by atoms with van der Waals surface area (Å²) in [6, 6.07) is 20.1. The Morgan fingerprint density at radius 3 is 2.09 bits per heavy atom. The van der Waals surface area contributed by atoms with E-state index in [2.05, 4.69) is 17.1 Å². The van der Waals surface area contributed by atoms with Gasteiger partial charge in [0.2, 0.25) is 0 Å². The Labute approximate surface area is 185 Å². The van der Waals surface area contributed by atoms with Gasteiger partial charge in [0.25, 0.3) is 5.91 Å². The molecule has 0 spiro atoms. The van der Waals surface area contributed by atoms with Gasteiger partial charge in [-0.15, -0.1) is 0 Å². The fourth-order valence-electron chi connectivity index (χ4n) is 2.60.